The lowest BCUT2D eigenvalue weighted by Gasteiger charge is -2.37. The van der Waals surface area contributed by atoms with Crippen LogP contribution in [0.4, 0.5) is 11.4 Å². The van der Waals surface area contributed by atoms with Gasteiger partial charge >= 0.3 is 0 Å². The molecule has 0 saturated carbocycles. The molecule has 1 aromatic heterocycles. The highest BCUT2D eigenvalue weighted by Crippen LogP contribution is 2.23. The third-order valence-electron chi connectivity index (χ3n) is 4.65. The van der Waals surface area contributed by atoms with Crippen molar-refractivity contribution < 1.29 is 14.1 Å². The van der Waals surface area contributed by atoms with Gasteiger partial charge in [0.25, 0.3) is 5.69 Å². The van der Waals surface area contributed by atoms with Crippen molar-refractivity contribution in [1.29, 1.82) is 0 Å². The molecule has 3 rings (SSSR count). The fourth-order valence-electron chi connectivity index (χ4n) is 3.07. The van der Waals surface area contributed by atoms with Crippen LogP contribution in [0.1, 0.15) is 12.7 Å². The summed E-state index contributed by atoms with van der Waals surface area (Å²) in [6, 6.07) is 9.64. The van der Waals surface area contributed by atoms with E-state index in [-0.39, 0.29) is 23.3 Å². The minimum Gasteiger partial charge on any atom is -0.468 e. The van der Waals surface area contributed by atoms with Crippen molar-refractivity contribution in [3.63, 3.8) is 0 Å². The van der Waals surface area contributed by atoms with Crippen LogP contribution in [0.3, 0.4) is 0 Å². The minimum atomic E-state index is -0.492. The molecule has 1 saturated heterocycles. The van der Waals surface area contributed by atoms with Gasteiger partial charge in [-0.2, -0.15) is 0 Å². The van der Waals surface area contributed by atoms with E-state index < -0.39 is 4.92 Å². The van der Waals surface area contributed by atoms with Gasteiger partial charge in [0.15, 0.2) is 0 Å². The third-order valence-corrected chi connectivity index (χ3v) is 4.65. The Hall–Kier alpha value is -2.71. The summed E-state index contributed by atoms with van der Waals surface area (Å²) < 4.78 is 5.37. The first-order valence-electron chi connectivity index (χ1n) is 8.57. The van der Waals surface area contributed by atoms with E-state index in [1.54, 1.807) is 24.5 Å². The number of hydrogen-bond acceptors (Lipinski definition) is 6. The quantitative estimate of drug-likeness (QED) is 0.629. The maximum absolute atomic E-state index is 12.5. The Morgan fingerprint density at radius 3 is 2.62 bits per heavy atom. The van der Waals surface area contributed by atoms with E-state index in [0.29, 0.717) is 0 Å². The van der Waals surface area contributed by atoms with Crippen LogP contribution in [-0.2, 0) is 11.3 Å². The van der Waals surface area contributed by atoms with Gasteiger partial charge in [0.1, 0.15) is 11.4 Å². The molecule has 1 fully saturated rings. The summed E-state index contributed by atoms with van der Waals surface area (Å²) in [4.78, 5) is 27.5. The van der Waals surface area contributed by atoms with Crippen molar-refractivity contribution in [2.45, 2.75) is 19.5 Å². The van der Waals surface area contributed by atoms with E-state index in [1.165, 1.54) is 6.07 Å². The molecule has 0 bridgehead atoms. The highest BCUT2D eigenvalue weighted by Gasteiger charge is 2.27. The smallest absolute Gasteiger partial charge is 0.292 e. The zero-order valence-corrected chi connectivity index (χ0v) is 14.6. The molecule has 8 heteroatoms. The van der Waals surface area contributed by atoms with E-state index in [0.717, 1.165) is 38.5 Å². The summed E-state index contributed by atoms with van der Waals surface area (Å²) in [6.45, 7) is 5.77. The molecule has 2 heterocycles. The Labute approximate surface area is 151 Å². The second kappa shape index (κ2) is 8.11. The van der Waals surface area contributed by atoms with Crippen LogP contribution in [0.25, 0.3) is 0 Å². The van der Waals surface area contributed by atoms with E-state index >= 15 is 0 Å². The first kappa shape index (κ1) is 18.1. The Morgan fingerprint density at radius 2 is 1.96 bits per heavy atom. The summed E-state index contributed by atoms with van der Waals surface area (Å²) in [7, 11) is 0. The maximum Gasteiger partial charge on any atom is 0.292 e. The fraction of sp³-hybridized carbons (Fsp3) is 0.389. The standard InChI is InChI=1S/C18H22N4O4/c1-14(18(23)19-16-6-2-3-7-17(16)22(24)25)21-10-8-20(9-11-21)13-15-5-4-12-26-15/h2-7,12,14H,8-11,13H2,1H3,(H,19,23)/t14-/m1/s1. The molecular weight excluding hydrogens is 336 g/mol. The van der Waals surface area contributed by atoms with Crippen molar-refractivity contribution in [3.8, 4) is 0 Å². The van der Waals surface area contributed by atoms with Gasteiger partial charge in [-0.1, -0.05) is 12.1 Å². The second-order valence-corrected chi connectivity index (χ2v) is 6.33. The second-order valence-electron chi connectivity index (χ2n) is 6.33. The molecule has 0 radical (unpaired) electrons. The van der Waals surface area contributed by atoms with Crippen LogP contribution in [0.5, 0.6) is 0 Å². The number of rotatable bonds is 6. The van der Waals surface area contributed by atoms with Gasteiger partial charge in [-0.05, 0) is 25.1 Å². The van der Waals surface area contributed by atoms with Gasteiger partial charge in [0, 0.05) is 32.2 Å². The molecule has 2 aromatic rings. The van der Waals surface area contributed by atoms with Gasteiger partial charge < -0.3 is 9.73 Å². The summed E-state index contributed by atoms with van der Waals surface area (Å²) in [5.41, 5.74) is 0.127. The number of piperazine rings is 1. The summed E-state index contributed by atoms with van der Waals surface area (Å²) in [6.07, 6.45) is 1.67. The van der Waals surface area contributed by atoms with E-state index in [2.05, 4.69) is 15.1 Å². The molecule has 1 aliphatic heterocycles. The summed E-state index contributed by atoms with van der Waals surface area (Å²) in [5, 5.41) is 13.8. The van der Waals surface area contributed by atoms with Crippen LogP contribution in [-0.4, -0.2) is 52.9 Å². The molecule has 1 N–H and O–H groups in total. The lowest BCUT2D eigenvalue weighted by atomic mass is 10.2. The number of benzene rings is 1. The number of carbonyl (C=O) groups excluding carboxylic acids is 1. The lowest BCUT2D eigenvalue weighted by molar-refractivity contribution is -0.383. The highest BCUT2D eigenvalue weighted by molar-refractivity contribution is 5.96. The Bertz CT molecular complexity index is 754. The number of nitrogens with one attached hydrogen (secondary N) is 1. The van der Waals surface area contributed by atoms with E-state index in [9.17, 15) is 14.9 Å². The normalized spacial score (nSPS) is 17.0. The zero-order valence-electron chi connectivity index (χ0n) is 14.6. The van der Waals surface area contributed by atoms with Crippen molar-refractivity contribution >= 4 is 17.3 Å². The number of amides is 1. The molecule has 0 spiro atoms. The Kier molecular flexibility index (Phi) is 5.65. The Morgan fingerprint density at radius 1 is 1.23 bits per heavy atom. The maximum atomic E-state index is 12.5. The number of nitro benzene ring substituents is 1. The monoisotopic (exact) mass is 358 g/mol. The summed E-state index contributed by atoms with van der Waals surface area (Å²) in [5.74, 6) is 0.694. The third kappa shape index (κ3) is 4.27. The van der Waals surface area contributed by atoms with Crippen LogP contribution < -0.4 is 5.32 Å². The lowest BCUT2D eigenvalue weighted by Crippen LogP contribution is -2.52. The molecule has 1 amide bonds. The van der Waals surface area contributed by atoms with Gasteiger partial charge in [-0.15, -0.1) is 0 Å². The first-order valence-corrected chi connectivity index (χ1v) is 8.57. The predicted molar refractivity (Wildman–Crippen MR) is 96.7 cm³/mol. The minimum absolute atomic E-state index is 0.101. The van der Waals surface area contributed by atoms with Crippen molar-refractivity contribution in [2.24, 2.45) is 0 Å². The number of anilines is 1. The predicted octanol–water partition coefficient (Wildman–Crippen LogP) is 2.33. The molecule has 1 aliphatic rings. The van der Waals surface area contributed by atoms with Crippen LogP contribution in [0.2, 0.25) is 0 Å². The molecule has 1 aromatic carbocycles. The van der Waals surface area contributed by atoms with Gasteiger partial charge in [-0.3, -0.25) is 24.7 Å². The molecule has 0 unspecified atom stereocenters. The molecule has 138 valence electrons. The Balaban J connectivity index is 1.54. The van der Waals surface area contributed by atoms with Gasteiger partial charge in [0.05, 0.1) is 23.8 Å². The molecule has 1 atom stereocenters. The van der Waals surface area contributed by atoms with Crippen molar-refractivity contribution in [3.05, 3.63) is 58.5 Å². The first-order chi connectivity index (χ1) is 12.5. The van der Waals surface area contributed by atoms with Crippen molar-refractivity contribution in [2.75, 3.05) is 31.5 Å². The highest BCUT2D eigenvalue weighted by atomic mass is 16.6. The van der Waals surface area contributed by atoms with Crippen LogP contribution in [0, 0.1) is 10.1 Å². The number of carbonyl (C=O) groups is 1. The number of nitro groups is 1. The zero-order chi connectivity index (χ0) is 18.5. The molecule has 0 aliphatic carbocycles. The van der Waals surface area contributed by atoms with E-state index in [1.807, 2.05) is 19.1 Å². The number of furan rings is 1. The topological polar surface area (TPSA) is 91.9 Å². The number of hydrogen-bond donors (Lipinski definition) is 1. The molecule has 26 heavy (non-hydrogen) atoms. The number of nitrogens with zero attached hydrogens (tertiary/aromatic N) is 3. The van der Waals surface area contributed by atoms with E-state index in [4.69, 9.17) is 4.42 Å². The molecular formula is C18H22N4O4. The van der Waals surface area contributed by atoms with Gasteiger partial charge in [-0.25, -0.2) is 0 Å². The largest absolute Gasteiger partial charge is 0.468 e. The van der Waals surface area contributed by atoms with Crippen LogP contribution >= 0.6 is 0 Å². The van der Waals surface area contributed by atoms with Crippen molar-refractivity contribution in [1.82, 2.24) is 9.80 Å². The number of para-hydroxylation sites is 2. The average molecular weight is 358 g/mol. The average Bonchev–Trinajstić information content (AvgIpc) is 3.15. The van der Waals surface area contributed by atoms with Crippen LogP contribution in [0.15, 0.2) is 47.1 Å². The fourth-order valence-corrected chi connectivity index (χ4v) is 3.07. The molecule has 8 nitrogen and oxygen atoms in total. The van der Waals surface area contributed by atoms with Gasteiger partial charge in [0.2, 0.25) is 5.91 Å². The summed E-state index contributed by atoms with van der Waals surface area (Å²) >= 11 is 0. The SMILES string of the molecule is C[C@H](C(=O)Nc1ccccc1[N+](=O)[O-])N1CCN(Cc2ccco2)CC1.